The Balaban J connectivity index is 1.89. The molecule has 30 heavy (non-hydrogen) atoms. The van der Waals surface area contributed by atoms with Gasteiger partial charge in [-0.25, -0.2) is 4.68 Å². The van der Waals surface area contributed by atoms with Gasteiger partial charge in [-0.15, -0.1) is 0 Å². The summed E-state index contributed by atoms with van der Waals surface area (Å²) < 4.78 is 7.49. The Bertz CT molecular complexity index is 1050. The fourth-order valence-electron chi connectivity index (χ4n) is 4.06. The number of hydrogen-bond acceptors (Lipinski definition) is 4. The van der Waals surface area contributed by atoms with Crippen molar-refractivity contribution in [1.82, 2.24) is 14.8 Å². The van der Waals surface area contributed by atoms with Gasteiger partial charge in [0.2, 0.25) is 11.9 Å². The van der Waals surface area contributed by atoms with Crippen molar-refractivity contribution in [1.29, 1.82) is 0 Å². The van der Waals surface area contributed by atoms with Crippen LogP contribution in [0.5, 0.6) is 5.75 Å². The van der Waals surface area contributed by atoms with E-state index < -0.39 is 5.41 Å². The average Bonchev–Trinajstić information content (AvgIpc) is 3.22. The number of carbonyl (C=O) groups excluding carboxylic acids is 1. The first-order valence-electron chi connectivity index (χ1n) is 10.2. The minimum absolute atomic E-state index is 0.0285. The molecule has 0 aliphatic carbocycles. The van der Waals surface area contributed by atoms with E-state index in [-0.39, 0.29) is 18.0 Å². The van der Waals surface area contributed by atoms with E-state index in [0.717, 1.165) is 16.9 Å². The molecule has 4 rings (SSSR count). The maximum Gasteiger partial charge on any atom is 0.235 e. The van der Waals surface area contributed by atoms with Crippen molar-refractivity contribution in [3.63, 3.8) is 0 Å². The molecule has 6 heteroatoms. The van der Waals surface area contributed by atoms with Gasteiger partial charge in [0.15, 0.2) is 0 Å². The molecular formula is C24H28N4O2. The van der Waals surface area contributed by atoms with E-state index in [4.69, 9.17) is 4.74 Å². The number of hydrogen-bond donors (Lipinski definition) is 0. The number of rotatable bonds is 3. The van der Waals surface area contributed by atoms with Crippen LogP contribution in [0.3, 0.4) is 0 Å². The fraction of sp³-hybridized carbons (Fsp3) is 0.375. The largest absolute Gasteiger partial charge is 0.496 e. The molecule has 1 aliphatic heterocycles. The number of anilines is 1. The zero-order chi connectivity index (χ0) is 21.5. The first kappa shape index (κ1) is 20.1. The molecule has 0 saturated heterocycles. The van der Waals surface area contributed by atoms with Crippen molar-refractivity contribution < 1.29 is 9.53 Å². The van der Waals surface area contributed by atoms with Crippen LogP contribution in [0.4, 0.5) is 5.95 Å². The van der Waals surface area contributed by atoms with Crippen LogP contribution in [0.15, 0.2) is 54.9 Å². The number of amides is 1. The van der Waals surface area contributed by atoms with Crippen LogP contribution in [0.25, 0.3) is 0 Å². The quantitative estimate of drug-likeness (QED) is 0.634. The number of ether oxygens (including phenoxy) is 1. The SMILES string of the molecule is COc1ccccc1[C@H]1C[C@@H](c2ccc(C)cc2)N(C(=O)C(C)(C)C)c2ncnn21. The van der Waals surface area contributed by atoms with Gasteiger partial charge in [-0.2, -0.15) is 10.1 Å². The number of methoxy groups -OCH3 is 1. The molecule has 2 atom stereocenters. The van der Waals surface area contributed by atoms with E-state index in [9.17, 15) is 4.79 Å². The van der Waals surface area contributed by atoms with Crippen LogP contribution < -0.4 is 9.64 Å². The summed E-state index contributed by atoms with van der Waals surface area (Å²) >= 11 is 0. The molecule has 1 aromatic heterocycles. The minimum atomic E-state index is -0.545. The standard InChI is InChI=1S/C24H28N4O2/c1-16-10-12-17(13-11-16)19-14-20(18-8-6-7-9-21(18)30-5)28-23(25-15-26-28)27(19)22(29)24(2,3)4/h6-13,15,19-20H,14H2,1-5H3/t19-,20+/m0/s1. The number of nitrogens with zero attached hydrogens (tertiary/aromatic N) is 4. The highest BCUT2D eigenvalue weighted by Crippen LogP contribution is 2.45. The topological polar surface area (TPSA) is 60.2 Å². The highest BCUT2D eigenvalue weighted by molar-refractivity contribution is 5.96. The summed E-state index contributed by atoms with van der Waals surface area (Å²) in [5.41, 5.74) is 2.77. The van der Waals surface area contributed by atoms with Crippen molar-refractivity contribution in [3.8, 4) is 5.75 Å². The zero-order valence-electron chi connectivity index (χ0n) is 18.2. The van der Waals surface area contributed by atoms with Crippen LogP contribution in [-0.2, 0) is 4.79 Å². The van der Waals surface area contributed by atoms with E-state index in [1.54, 1.807) is 7.11 Å². The smallest absolute Gasteiger partial charge is 0.235 e. The van der Waals surface area contributed by atoms with Gasteiger partial charge < -0.3 is 4.74 Å². The number of carbonyl (C=O) groups is 1. The number of aryl methyl sites for hydroxylation is 1. The molecule has 156 valence electrons. The lowest BCUT2D eigenvalue weighted by Gasteiger charge is -2.41. The molecule has 6 nitrogen and oxygen atoms in total. The third-order valence-electron chi connectivity index (χ3n) is 5.64. The molecule has 0 spiro atoms. The molecular weight excluding hydrogens is 376 g/mol. The van der Waals surface area contributed by atoms with E-state index in [2.05, 4.69) is 47.3 Å². The van der Waals surface area contributed by atoms with Gasteiger partial charge in [0.25, 0.3) is 0 Å². The Morgan fingerprint density at radius 3 is 2.43 bits per heavy atom. The van der Waals surface area contributed by atoms with Gasteiger partial charge in [0.05, 0.1) is 19.2 Å². The Morgan fingerprint density at radius 1 is 1.07 bits per heavy atom. The van der Waals surface area contributed by atoms with Crippen LogP contribution in [-0.4, -0.2) is 27.8 Å². The molecule has 2 heterocycles. The summed E-state index contributed by atoms with van der Waals surface area (Å²) in [6.45, 7) is 7.88. The second-order valence-electron chi connectivity index (χ2n) is 8.85. The highest BCUT2D eigenvalue weighted by Gasteiger charge is 2.43. The van der Waals surface area contributed by atoms with E-state index in [1.165, 1.54) is 11.9 Å². The maximum atomic E-state index is 13.5. The Hall–Kier alpha value is -3.15. The lowest BCUT2D eigenvalue weighted by Crippen LogP contribution is -2.47. The highest BCUT2D eigenvalue weighted by atomic mass is 16.5. The molecule has 0 bridgehead atoms. The predicted molar refractivity (Wildman–Crippen MR) is 117 cm³/mol. The molecule has 2 aromatic carbocycles. The molecule has 0 unspecified atom stereocenters. The van der Waals surface area contributed by atoms with Crippen LogP contribution in [0.1, 0.15) is 56.0 Å². The monoisotopic (exact) mass is 404 g/mol. The van der Waals surface area contributed by atoms with Crippen molar-refractivity contribution in [3.05, 3.63) is 71.5 Å². The Kier molecular flexibility index (Phi) is 5.10. The zero-order valence-corrected chi connectivity index (χ0v) is 18.2. The molecule has 1 amide bonds. The summed E-state index contributed by atoms with van der Waals surface area (Å²) in [5.74, 6) is 1.41. The Morgan fingerprint density at radius 2 is 1.77 bits per heavy atom. The van der Waals surface area contributed by atoms with Crippen LogP contribution in [0.2, 0.25) is 0 Å². The fourth-order valence-corrected chi connectivity index (χ4v) is 4.06. The molecule has 1 aliphatic rings. The van der Waals surface area contributed by atoms with Crippen LogP contribution >= 0.6 is 0 Å². The second-order valence-corrected chi connectivity index (χ2v) is 8.85. The summed E-state index contributed by atoms with van der Waals surface area (Å²) in [6, 6.07) is 16.1. The van der Waals surface area contributed by atoms with E-state index in [0.29, 0.717) is 12.4 Å². The molecule has 0 saturated carbocycles. The summed E-state index contributed by atoms with van der Waals surface area (Å²) in [7, 11) is 1.68. The van der Waals surface area contributed by atoms with Crippen molar-refractivity contribution >= 4 is 11.9 Å². The van der Waals surface area contributed by atoms with E-state index in [1.807, 2.05) is 48.6 Å². The maximum absolute atomic E-state index is 13.5. The van der Waals surface area contributed by atoms with Crippen molar-refractivity contribution in [2.24, 2.45) is 5.41 Å². The second kappa shape index (κ2) is 7.59. The minimum Gasteiger partial charge on any atom is -0.496 e. The van der Waals surface area contributed by atoms with Crippen molar-refractivity contribution in [2.75, 3.05) is 12.0 Å². The normalized spacial score (nSPS) is 18.8. The summed E-state index contributed by atoms with van der Waals surface area (Å²) in [6.07, 6.45) is 2.21. The Labute approximate surface area is 177 Å². The molecule has 0 N–H and O–H groups in total. The van der Waals surface area contributed by atoms with E-state index >= 15 is 0 Å². The lowest BCUT2D eigenvalue weighted by molar-refractivity contribution is -0.126. The summed E-state index contributed by atoms with van der Waals surface area (Å²) in [4.78, 5) is 19.9. The number of benzene rings is 2. The number of aromatic nitrogens is 3. The van der Waals surface area contributed by atoms with Crippen LogP contribution in [0, 0.1) is 12.3 Å². The first-order chi connectivity index (χ1) is 14.3. The summed E-state index contributed by atoms with van der Waals surface area (Å²) in [5, 5.41) is 4.50. The van der Waals surface area contributed by atoms with Gasteiger partial charge in [0.1, 0.15) is 12.1 Å². The molecule has 0 fully saturated rings. The van der Waals surface area contributed by atoms with Gasteiger partial charge in [0, 0.05) is 11.0 Å². The first-order valence-corrected chi connectivity index (χ1v) is 10.2. The average molecular weight is 405 g/mol. The van der Waals surface area contributed by atoms with Crippen molar-refractivity contribution in [2.45, 2.75) is 46.2 Å². The number of fused-ring (bicyclic) bond motifs is 1. The van der Waals surface area contributed by atoms with Gasteiger partial charge in [-0.1, -0.05) is 68.8 Å². The third kappa shape index (κ3) is 3.47. The molecule has 3 aromatic rings. The lowest BCUT2D eigenvalue weighted by atomic mass is 9.88. The third-order valence-corrected chi connectivity index (χ3v) is 5.64. The number of para-hydroxylation sites is 1. The van der Waals surface area contributed by atoms with Gasteiger partial charge in [-0.05, 0) is 25.0 Å². The molecule has 0 radical (unpaired) electrons. The van der Waals surface area contributed by atoms with Gasteiger partial charge >= 0.3 is 0 Å². The van der Waals surface area contributed by atoms with Gasteiger partial charge in [-0.3, -0.25) is 9.69 Å². The predicted octanol–water partition coefficient (Wildman–Crippen LogP) is 4.71.